The first-order chi connectivity index (χ1) is 15.6. The van der Waals surface area contributed by atoms with Gasteiger partial charge in [0.25, 0.3) is 0 Å². The van der Waals surface area contributed by atoms with Gasteiger partial charge in [-0.15, -0.1) is 0 Å². The molecular weight excluding hydrogens is 422 g/mol. The van der Waals surface area contributed by atoms with E-state index >= 15 is 0 Å². The second-order valence-electron chi connectivity index (χ2n) is 9.17. The van der Waals surface area contributed by atoms with Gasteiger partial charge in [-0.1, -0.05) is 12.1 Å². The van der Waals surface area contributed by atoms with Crippen LogP contribution in [0.1, 0.15) is 32.3 Å². The van der Waals surface area contributed by atoms with Crippen LogP contribution in [0.4, 0.5) is 4.79 Å². The van der Waals surface area contributed by atoms with Gasteiger partial charge in [-0.3, -0.25) is 0 Å². The van der Waals surface area contributed by atoms with Crippen LogP contribution in [0.2, 0.25) is 0 Å². The zero-order valence-corrected chi connectivity index (χ0v) is 18.6. The van der Waals surface area contributed by atoms with Crippen LogP contribution < -0.4 is 15.2 Å². The molecule has 2 heterocycles. The van der Waals surface area contributed by atoms with Crippen LogP contribution in [0.5, 0.6) is 11.5 Å². The van der Waals surface area contributed by atoms with E-state index in [0.29, 0.717) is 22.6 Å². The average Bonchev–Trinajstić information content (AvgIpc) is 3.25. The molecule has 0 aromatic heterocycles. The van der Waals surface area contributed by atoms with Crippen LogP contribution in [-0.4, -0.2) is 36.5 Å². The summed E-state index contributed by atoms with van der Waals surface area (Å²) in [7, 11) is 0. The van der Waals surface area contributed by atoms with Crippen LogP contribution in [0.25, 0.3) is 0 Å². The predicted octanol–water partition coefficient (Wildman–Crippen LogP) is 3.08. The number of hydrogen-bond acceptors (Lipinski definition) is 8. The van der Waals surface area contributed by atoms with E-state index in [0.717, 1.165) is 0 Å². The fraction of sp³-hybridized carbons (Fsp3) is 0.417. The number of nitrogens with zero attached hydrogens (tertiary/aromatic N) is 4. The van der Waals surface area contributed by atoms with Crippen LogP contribution in [0, 0.1) is 45.3 Å². The highest BCUT2D eigenvalue weighted by Gasteiger charge is 2.55. The molecule has 9 heteroatoms. The molecule has 4 rings (SSSR count). The highest BCUT2D eigenvalue weighted by molar-refractivity contribution is 5.70. The Morgan fingerprint density at radius 1 is 1.21 bits per heavy atom. The maximum atomic E-state index is 12.8. The fourth-order valence-electron chi connectivity index (χ4n) is 4.64. The summed E-state index contributed by atoms with van der Waals surface area (Å²) in [6.07, 6.45) is 1.24. The zero-order chi connectivity index (χ0) is 24.0. The highest BCUT2D eigenvalue weighted by Crippen LogP contribution is 2.55. The molecule has 2 aliphatic heterocycles. The second kappa shape index (κ2) is 7.76. The van der Waals surface area contributed by atoms with Crippen LogP contribution in [-0.2, 0) is 4.74 Å². The third-order valence-corrected chi connectivity index (χ3v) is 6.07. The molecule has 0 spiro atoms. The number of nitrogens with two attached hydrogens (primary N) is 1. The maximum Gasteiger partial charge on any atom is 0.410 e. The molecule has 9 nitrogen and oxygen atoms in total. The standard InChI is InChI=1S/C24H23N5O4/c1-23(2,3)33-22(30)29-7-6-15-16(9-25)21(28)24(11-26,12-27)20(17(15)10-29)14-4-5-18-19(8-14)32-13-31-18/h4-6,8,17,20H,7,10,13,28H2,1-3H3/t17-,20+/m0/s1. The van der Waals surface area contributed by atoms with E-state index in [2.05, 4.69) is 18.2 Å². The van der Waals surface area contributed by atoms with E-state index in [1.807, 2.05) is 0 Å². The van der Waals surface area contributed by atoms with E-state index in [9.17, 15) is 20.6 Å². The summed E-state index contributed by atoms with van der Waals surface area (Å²) in [4.78, 5) is 14.3. The Bertz CT molecular complexity index is 1190. The van der Waals surface area contributed by atoms with Gasteiger partial charge in [0.15, 0.2) is 16.9 Å². The molecule has 0 fully saturated rings. The number of rotatable bonds is 1. The molecule has 168 valence electrons. The molecule has 2 N–H and O–H groups in total. The van der Waals surface area contributed by atoms with Crippen molar-refractivity contribution in [3.63, 3.8) is 0 Å². The smallest absolute Gasteiger partial charge is 0.410 e. The molecule has 1 aromatic rings. The molecule has 0 radical (unpaired) electrons. The lowest BCUT2D eigenvalue weighted by Gasteiger charge is -2.45. The Morgan fingerprint density at radius 3 is 2.55 bits per heavy atom. The topological polar surface area (TPSA) is 145 Å². The first-order valence-electron chi connectivity index (χ1n) is 10.5. The minimum atomic E-state index is -1.81. The van der Waals surface area contributed by atoms with Crippen LogP contribution in [0.15, 0.2) is 41.1 Å². The van der Waals surface area contributed by atoms with Crippen molar-refractivity contribution in [2.75, 3.05) is 19.9 Å². The molecule has 1 amide bonds. The average molecular weight is 445 g/mol. The summed E-state index contributed by atoms with van der Waals surface area (Å²) in [5.41, 5.74) is 5.12. The Labute approximate surface area is 191 Å². The Hall–Kier alpha value is -4.16. The number of nitriles is 3. The van der Waals surface area contributed by atoms with E-state index < -0.39 is 28.9 Å². The summed E-state index contributed by atoms with van der Waals surface area (Å²) in [5.74, 6) is -0.232. The van der Waals surface area contributed by atoms with Gasteiger partial charge >= 0.3 is 6.09 Å². The molecule has 0 saturated heterocycles. The van der Waals surface area contributed by atoms with Crippen molar-refractivity contribution >= 4 is 6.09 Å². The highest BCUT2D eigenvalue weighted by atomic mass is 16.7. The van der Waals surface area contributed by atoms with E-state index in [4.69, 9.17) is 19.9 Å². The summed E-state index contributed by atoms with van der Waals surface area (Å²) in [6.45, 7) is 5.79. The van der Waals surface area contributed by atoms with Gasteiger partial charge in [0.1, 0.15) is 11.7 Å². The normalized spacial score (nSPS) is 22.9. The SMILES string of the molecule is CC(C)(C)OC(=O)N1CC=C2C(C#N)=C(N)C(C#N)(C#N)[C@H](c3ccc4c(c3)OCO4)[C@H]2C1. The minimum absolute atomic E-state index is 0.0761. The fourth-order valence-corrected chi connectivity index (χ4v) is 4.64. The van der Waals surface area contributed by atoms with Crippen molar-refractivity contribution in [2.24, 2.45) is 17.1 Å². The first-order valence-corrected chi connectivity index (χ1v) is 10.5. The van der Waals surface area contributed by atoms with Crippen molar-refractivity contribution in [3.05, 3.63) is 46.7 Å². The number of carbonyl (C=O) groups is 1. The summed E-state index contributed by atoms with van der Waals surface area (Å²) < 4.78 is 16.4. The molecule has 1 aliphatic carbocycles. The lowest BCUT2D eigenvalue weighted by molar-refractivity contribution is 0.0224. The first kappa shape index (κ1) is 22.0. The van der Waals surface area contributed by atoms with Crippen LogP contribution in [0.3, 0.4) is 0 Å². The van der Waals surface area contributed by atoms with Crippen molar-refractivity contribution in [1.82, 2.24) is 4.90 Å². The number of hydrogen-bond donors (Lipinski definition) is 1. The number of benzene rings is 1. The van der Waals surface area contributed by atoms with Gasteiger partial charge in [0, 0.05) is 24.9 Å². The predicted molar refractivity (Wildman–Crippen MR) is 115 cm³/mol. The van der Waals surface area contributed by atoms with Gasteiger partial charge in [-0.2, -0.15) is 15.8 Å². The monoisotopic (exact) mass is 445 g/mol. The Balaban J connectivity index is 1.87. The van der Waals surface area contributed by atoms with Crippen molar-refractivity contribution in [2.45, 2.75) is 32.3 Å². The van der Waals surface area contributed by atoms with Gasteiger partial charge < -0.3 is 24.8 Å². The maximum absolute atomic E-state index is 12.8. The number of allylic oxidation sites excluding steroid dienone is 2. The van der Waals surface area contributed by atoms with Gasteiger partial charge in [0.05, 0.1) is 23.4 Å². The summed E-state index contributed by atoms with van der Waals surface area (Å²) in [5, 5.41) is 30.2. The van der Waals surface area contributed by atoms with Gasteiger partial charge in [-0.25, -0.2) is 4.79 Å². The van der Waals surface area contributed by atoms with E-state index in [1.54, 1.807) is 45.0 Å². The van der Waals surface area contributed by atoms with Crippen molar-refractivity contribution in [3.8, 4) is 29.7 Å². The van der Waals surface area contributed by atoms with E-state index in [1.165, 1.54) is 4.90 Å². The number of ether oxygens (including phenoxy) is 3. The number of fused-ring (bicyclic) bond motifs is 2. The largest absolute Gasteiger partial charge is 0.454 e. The van der Waals surface area contributed by atoms with Crippen molar-refractivity contribution < 1.29 is 19.0 Å². The lowest BCUT2D eigenvalue weighted by Crippen LogP contribution is -2.50. The number of amides is 1. The molecule has 33 heavy (non-hydrogen) atoms. The minimum Gasteiger partial charge on any atom is -0.454 e. The lowest BCUT2D eigenvalue weighted by atomic mass is 9.58. The molecule has 0 bridgehead atoms. The van der Waals surface area contributed by atoms with Gasteiger partial charge in [-0.05, 0) is 44.0 Å². The second-order valence-corrected chi connectivity index (χ2v) is 9.17. The molecule has 0 saturated carbocycles. The Morgan fingerprint density at radius 2 is 1.91 bits per heavy atom. The number of carbonyl (C=O) groups excluding carboxylic acids is 1. The van der Waals surface area contributed by atoms with Crippen molar-refractivity contribution in [1.29, 1.82) is 15.8 Å². The molecular formula is C24H23N5O4. The van der Waals surface area contributed by atoms with Crippen LogP contribution >= 0.6 is 0 Å². The summed E-state index contributed by atoms with van der Waals surface area (Å²) in [6, 6.07) is 11.4. The molecule has 2 atom stereocenters. The van der Waals surface area contributed by atoms with E-state index in [-0.39, 0.29) is 31.2 Å². The zero-order valence-electron chi connectivity index (χ0n) is 18.6. The molecule has 3 aliphatic rings. The third kappa shape index (κ3) is 3.50. The van der Waals surface area contributed by atoms with Gasteiger partial charge in [0.2, 0.25) is 6.79 Å². The quantitative estimate of drug-likeness (QED) is 0.694. The molecule has 1 aromatic carbocycles. The Kier molecular flexibility index (Phi) is 5.18. The molecule has 0 unspecified atom stereocenters. The third-order valence-electron chi connectivity index (χ3n) is 6.07. The summed E-state index contributed by atoms with van der Waals surface area (Å²) >= 11 is 0.